The maximum absolute atomic E-state index is 12.5. The van der Waals surface area contributed by atoms with Crippen LogP contribution in [0.1, 0.15) is 162 Å². The summed E-state index contributed by atoms with van der Waals surface area (Å²) in [5, 5.41) is 8.74. The predicted molar refractivity (Wildman–Crippen MR) is 172 cm³/mol. The summed E-state index contributed by atoms with van der Waals surface area (Å²) < 4.78 is 5.88. The van der Waals surface area contributed by atoms with Crippen molar-refractivity contribution in [3.8, 4) is 0 Å². The Hall–Kier alpha value is -2.10. The molecule has 0 aliphatic carbocycles. The summed E-state index contributed by atoms with van der Waals surface area (Å²) in [7, 11) is 0. The van der Waals surface area contributed by atoms with Crippen LogP contribution >= 0.6 is 0 Å². The normalized spacial score (nSPS) is 12.8. The zero-order chi connectivity index (χ0) is 29.4. The number of aliphatic carboxylic acids is 1. The van der Waals surface area contributed by atoms with Gasteiger partial charge in [-0.25, -0.2) is 0 Å². The van der Waals surface area contributed by atoms with Gasteiger partial charge in [-0.15, -0.1) is 0 Å². The smallest absolute Gasteiger partial charge is 0.306 e. The Morgan fingerprint density at radius 2 is 1.00 bits per heavy atom. The van der Waals surface area contributed by atoms with E-state index < -0.39 is 5.97 Å². The van der Waals surface area contributed by atoms with Crippen molar-refractivity contribution in [3.05, 3.63) is 48.6 Å². The highest BCUT2D eigenvalue weighted by atomic mass is 16.5. The standard InChI is InChI=1S/C36H62O4/c1-3-5-7-9-10-11-12-13-14-15-16-17-18-19-20-25-29-33-36(39)40-34(30-26-22-8-6-4-2)31-27-23-21-24-28-32-35(37)38/h10-11,13-14,16-17,19-20,34H,3-9,12,15,18,21-33H2,1-2H3,(H,37,38)/b11-10-,14-13-,17-16-,20-19-. The van der Waals surface area contributed by atoms with E-state index in [1.54, 1.807) is 0 Å². The van der Waals surface area contributed by atoms with Crippen LogP contribution in [0.5, 0.6) is 0 Å². The number of carbonyl (C=O) groups is 2. The number of hydrogen-bond donors (Lipinski definition) is 1. The topological polar surface area (TPSA) is 63.6 Å². The molecule has 0 aromatic heterocycles. The van der Waals surface area contributed by atoms with E-state index in [0.717, 1.165) is 83.5 Å². The Morgan fingerprint density at radius 1 is 0.550 bits per heavy atom. The highest BCUT2D eigenvalue weighted by Gasteiger charge is 2.14. The number of unbranched alkanes of at least 4 members (excludes halogenated alkanes) is 12. The number of carboxylic acids is 1. The number of ether oxygens (including phenoxy) is 1. The summed E-state index contributed by atoms with van der Waals surface area (Å²) in [6, 6.07) is 0. The SMILES string of the molecule is CCCCC/C=C\C/C=C\C/C=C\C/C=C\CCCC(=O)OC(CCCCCCC)CCCCCCCC(=O)O. The van der Waals surface area contributed by atoms with Gasteiger partial charge in [-0.3, -0.25) is 9.59 Å². The molecule has 4 heteroatoms. The molecule has 230 valence electrons. The Bertz CT molecular complexity index is 689. The summed E-state index contributed by atoms with van der Waals surface area (Å²) in [5.41, 5.74) is 0. The molecule has 0 rings (SSSR count). The molecule has 1 unspecified atom stereocenters. The maximum atomic E-state index is 12.5. The van der Waals surface area contributed by atoms with E-state index in [1.807, 2.05) is 0 Å². The van der Waals surface area contributed by atoms with Gasteiger partial charge in [-0.2, -0.15) is 0 Å². The zero-order valence-electron chi connectivity index (χ0n) is 26.1. The van der Waals surface area contributed by atoms with E-state index in [0.29, 0.717) is 6.42 Å². The van der Waals surface area contributed by atoms with Gasteiger partial charge in [0.25, 0.3) is 0 Å². The van der Waals surface area contributed by atoms with Gasteiger partial charge in [-0.1, -0.05) is 120 Å². The van der Waals surface area contributed by atoms with Gasteiger partial charge in [0, 0.05) is 12.8 Å². The van der Waals surface area contributed by atoms with E-state index >= 15 is 0 Å². The van der Waals surface area contributed by atoms with E-state index in [4.69, 9.17) is 9.84 Å². The molecule has 0 aliphatic rings. The van der Waals surface area contributed by atoms with E-state index in [9.17, 15) is 9.59 Å². The Labute approximate surface area is 247 Å². The van der Waals surface area contributed by atoms with Crippen LogP contribution in [0.3, 0.4) is 0 Å². The van der Waals surface area contributed by atoms with Crippen LogP contribution in [0.15, 0.2) is 48.6 Å². The summed E-state index contributed by atoms with van der Waals surface area (Å²) in [5.74, 6) is -0.770. The Balaban J connectivity index is 4.03. The fraction of sp³-hybridized carbons (Fsp3) is 0.722. The van der Waals surface area contributed by atoms with Crippen LogP contribution in [0, 0.1) is 0 Å². The molecule has 40 heavy (non-hydrogen) atoms. The van der Waals surface area contributed by atoms with Crippen LogP contribution < -0.4 is 0 Å². The van der Waals surface area contributed by atoms with Crippen molar-refractivity contribution in [1.29, 1.82) is 0 Å². The molecule has 0 aliphatic heterocycles. The second-order valence-electron chi connectivity index (χ2n) is 11.0. The van der Waals surface area contributed by atoms with E-state index in [-0.39, 0.29) is 18.5 Å². The van der Waals surface area contributed by atoms with Gasteiger partial charge >= 0.3 is 11.9 Å². The van der Waals surface area contributed by atoms with Crippen molar-refractivity contribution in [2.75, 3.05) is 0 Å². The van der Waals surface area contributed by atoms with Gasteiger partial charge in [0.05, 0.1) is 0 Å². The summed E-state index contributed by atoms with van der Waals surface area (Å²) in [6.07, 6.45) is 41.3. The number of carbonyl (C=O) groups excluding carboxylic acids is 1. The molecule has 0 bridgehead atoms. The molecular weight excluding hydrogens is 496 g/mol. The highest BCUT2D eigenvalue weighted by Crippen LogP contribution is 2.17. The molecule has 0 aromatic rings. The lowest BCUT2D eigenvalue weighted by atomic mass is 10.0. The van der Waals surface area contributed by atoms with E-state index in [1.165, 1.54) is 51.4 Å². The second kappa shape index (κ2) is 31.4. The van der Waals surface area contributed by atoms with Crippen LogP contribution in [0.25, 0.3) is 0 Å². The first kappa shape index (κ1) is 37.9. The average Bonchev–Trinajstić information content (AvgIpc) is 2.93. The Morgan fingerprint density at radius 3 is 1.55 bits per heavy atom. The molecule has 1 atom stereocenters. The lowest BCUT2D eigenvalue weighted by molar-refractivity contribution is -0.150. The predicted octanol–water partition coefficient (Wildman–Crippen LogP) is 11.2. The molecule has 0 heterocycles. The van der Waals surface area contributed by atoms with Crippen LogP contribution in [-0.4, -0.2) is 23.1 Å². The lowest BCUT2D eigenvalue weighted by Crippen LogP contribution is -2.18. The molecule has 0 aromatic carbocycles. The van der Waals surface area contributed by atoms with Gasteiger partial charge < -0.3 is 9.84 Å². The maximum Gasteiger partial charge on any atom is 0.306 e. The monoisotopic (exact) mass is 558 g/mol. The summed E-state index contributed by atoms with van der Waals surface area (Å²) in [4.78, 5) is 23.1. The number of rotatable bonds is 29. The first-order valence-electron chi connectivity index (χ1n) is 16.6. The fourth-order valence-electron chi connectivity index (χ4n) is 4.59. The molecule has 0 radical (unpaired) electrons. The molecule has 0 fully saturated rings. The minimum atomic E-state index is -0.710. The molecule has 0 saturated carbocycles. The van der Waals surface area contributed by atoms with E-state index in [2.05, 4.69) is 62.5 Å². The third-order valence-corrected chi connectivity index (χ3v) is 7.05. The molecule has 1 N–H and O–H groups in total. The van der Waals surface area contributed by atoms with Gasteiger partial charge in [-0.05, 0) is 77.0 Å². The number of allylic oxidation sites excluding steroid dienone is 8. The zero-order valence-corrected chi connectivity index (χ0v) is 26.1. The van der Waals surface area contributed by atoms with Crippen molar-refractivity contribution in [2.45, 2.75) is 168 Å². The number of carboxylic acid groups (broad SMARTS) is 1. The third-order valence-electron chi connectivity index (χ3n) is 7.05. The number of esters is 1. The lowest BCUT2D eigenvalue weighted by Gasteiger charge is -2.18. The van der Waals surface area contributed by atoms with Crippen molar-refractivity contribution in [3.63, 3.8) is 0 Å². The van der Waals surface area contributed by atoms with Gasteiger partial charge in [0.1, 0.15) is 6.10 Å². The van der Waals surface area contributed by atoms with Gasteiger partial charge in [0.2, 0.25) is 0 Å². The first-order chi connectivity index (χ1) is 19.6. The van der Waals surface area contributed by atoms with Crippen LogP contribution in [0.2, 0.25) is 0 Å². The van der Waals surface area contributed by atoms with Crippen molar-refractivity contribution < 1.29 is 19.4 Å². The first-order valence-corrected chi connectivity index (χ1v) is 16.6. The van der Waals surface area contributed by atoms with Gasteiger partial charge in [0.15, 0.2) is 0 Å². The summed E-state index contributed by atoms with van der Waals surface area (Å²) in [6.45, 7) is 4.46. The quantitative estimate of drug-likeness (QED) is 0.0563. The van der Waals surface area contributed by atoms with Crippen molar-refractivity contribution in [1.82, 2.24) is 0 Å². The average molecular weight is 559 g/mol. The number of hydrogen-bond acceptors (Lipinski definition) is 3. The molecule has 4 nitrogen and oxygen atoms in total. The second-order valence-corrected chi connectivity index (χ2v) is 11.0. The Kier molecular flexibility index (Phi) is 29.8. The highest BCUT2D eigenvalue weighted by molar-refractivity contribution is 5.69. The minimum absolute atomic E-state index is 0.0321. The third kappa shape index (κ3) is 30.4. The van der Waals surface area contributed by atoms with Crippen LogP contribution in [-0.2, 0) is 14.3 Å². The fourth-order valence-corrected chi connectivity index (χ4v) is 4.59. The summed E-state index contributed by atoms with van der Waals surface area (Å²) >= 11 is 0. The van der Waals surface area contributed by atoms with Crippen molar-refractivity contribution in [2.24, 2.45) is 0 Å². The van der Waals surface area contributed by atoms with Crippen molar-refractivity contribution >= 4 is 11.9 Å². The molecular formula is C36H62O4. The minimum Gasteiger partial charge on any atom is -0.481 e. The largest absolute Gasteiger partial charge is 0.481 e. The molecule has 0 saturated heterocycles. The molecule has 0 spiro atoms. The molecule has 0 amide bonds. The van der Waals surface area contributed by atoms with Crippen LogP contribution in [0.4, 0.5) is 0 Å².